The molecule has 5 nitrogen and oxygen atoms in total. The lowest BCUT2D eigenvalue weighted by Gasteiger charge is -2.37. The molecule has 0 aliphatic heterocycles. The zero-order chi connectivity index (χ0) is 9.90. The molecule has 0 atom stereocenters. The lowest BCUT2D eigenvalue weighted by atomic mass is 9.77. The van der Waals surface area contributed by atoms with E-state index in [1.807, 2.05) is 0 Å². The Morgan fingerprint density at radius 2 is 2.15 bits per heavy atom. The Morgan fingerprint density at radius 3 is 2.46 bits per heavy atom. The van der Waals surface area contributed by atoms with Crippen molar-refractivity contribution in [2.45, 2.75) is 31.7 Å². The van der Waals surface area contributed by atoms with E-state index in [-0.39, 0.29) is 6.61 Å². The van der Waals surface area contributed by atoms with E-state index in [4.69, 9.17) is 5.11 Å². The Morgan fingerprint density at radius 1 is 1.54 bits per heavy atom. The predicted octanol–water partition coefficient (Wildman–Crippen LogP) is 0.740. The maximum atomic E-state index is 11.0. The number of amides is 1. The van der Waals surface area contributed by atoms with Gasteiger partial charge >= 0.3 is 12.1 Å². The summed E-state index contributed by atoms with van der Waals surface area (Å²) in [6.07, 6.45) is 1.16. The van der Waals surface area contributed by atoms with Gasteiger partial charge in [-0.2, -0.15) is 0 Å². The van der Waals surface area contributed by atoms with Crippen LogP contribution >= 0.6 is 0 Å². The molecule has 0 saturated heterocycles. The molecule has 0 unspecified atom stereocenters. The van der Waals surface area contributed by atoms with E-state index in [9.17, 15) is 9.59 Å². The van der Waals surface area contributed by atoms with Crippen LogP contribution in [-0.4, -0.2) is 29.3 Å². The number of hydrogen-bond donors (Lipinski definition) is 2. The van der Waals surface area contributed by atoms with Crippen molar-refractivity contribution in [1.82, 2.24) is 5.32 Å². The molecule has 2 N–H and O–H groups in total. The third-order valence-electron chi connectivity index (χ3n) is 2.23. The lowest BCUT2D eigenvalue weighted by molar-refractivity contribution is -0.148. The minimum absolute atomic E-state index is 0.252. The number of nitrogens with one attached hydrogen (secondary N) is 1. The molecule has 0 radical (unpaired) electrons. The van der Waals surface area contributed by atoms with E-state index in [1.165, 1.54) is 0 Å². The van der Waals surface area contributed by atoms with E-state index in [0.29, 0.717) is 12.8 Å². The Balaban J connectivity index is 2.49. The van der Waals surface area contributed by atoms with Gasteiger partial charge in [0.25, 0.3) is 0 Å². The van der Waals surface area contributed by atoms with Gasteiger partial charge in [0.1, 0.15) is 5.54 Å². The Hall–Kier alpha value is -1.26. The fourth-order valence-electron chi connectivity index (χ4n) is 1.29. The standard InChI is InChI=1S/C8H13NO4/c1-2-13-7(12)9-8(6(10)11)4-3-5-8/h2-5H2,1H3,(H,9,12)(H,10,11). The Kier molecular flexibility index (Phi) is 2.75. The molecule has 0 heterocycles. The van der Waals surface area contributed by atoms with E-state index >= 15 is 0 Å². The van der Waals surface area contributed by atoms with Gasteiger partial charge in [-0.1, -0.05) is 0 Å². The molecule has 1 aliphatic carbocycles. The molecule has 0 aromatic carbocycles. The van der Waals surface area contributed by atoms with E-state index < -0.39 is 17.6 Å². The molecule has 0 aromatic rings. The second kappa shape index (κ2) is 3.64. The van der Waals surface area contributed by atoms with Crippen molar-refractivity contribution in [3.05, 3.63) is 0 Å². The van der Waals surface area contributed by atoms with E-state index in [2.05, 4.69) is 10.1 Å². The fraction of sp³-hybridized carbons (Fsp3) is 0.750. The lowest BCUT2D eigenvalue weighted by Crippen LogP contribution is -2.59. The molecule has 1 amide bonds. The molecule has 0 bridgehead atoms. The highest BCUT2D eigenvalue weighted by Crippen LogP contribution is 2.31. The van der Waals surface area contributed by atoms with Crippen LogP contribution in [0.15, 0.2) is 0 Å². The zero-order valence-corrected chi connectivity index (χ0v) is 7.50. The quantitative estimate of drug-likeness (QED) is 0.683. The number of carbonyl (C=O) groups is 2. The Bertz CT molecular complexity index is 222. The number of alkyl carbamates (subject to hydrolysis) is 1. The van der Waals surface area contributed by atoms with E-state index in [1.54, 1.807) is 6.92 Å². The van der Waals surface area contributed by atoms with Crippen LogP contribution in [0.1, 0.15) is 26.2 Å². The van der Waals surface area contributed by atoms with Gasteiger partial charge < -0.3 is 15.2 Å². The van der Waals surface area contributed by atoms with Crippen LogP contribution in [0.25, 0.3) is 0 Å². The van der Waals surface area contributed by atoms with Crippen LogP contribution in [0.4, 0.5) is 4.79 Å². The predicted molar refractivity (Wildman–Crippen MR) is 44.4 cm³/mol. The summed E-state index contributed by atoms with van der Waals surface area (Å²) in [5.74, 6) is -0.980. The van der Waals surface area contributed by atoms with Crippen LogP contribution in [0, 0.1) is 0 Å². The number of carbonyl (C=O) groups excluding carboxylic acids is 1. The van der Waals surface area contributed by atoms with Crippen LogP contribution < -0.4 is 5.32 Å². The first-order valence-corrected chi connectivity index (χ1v) is 4.29. The van der Waals surface area contributed by atoms with Gasteiger partial charge in [0.2, 0.25) is 0 Å². The molecule has 1 fully saturated rings. The highest BCUT2D eigenvalue weighted by atomic mass is 16.5. The molecule has 5 heteroatoms. The minimum Gasteiger partial charge on any atom is -0.480 e. The maximum absolute atomic E-state index is 11.0. The summed E-state index contributed by atoms with van der Waals surface area (Å²) in [7, 11) is 0. The maximum Gasteiger partial charge on any atom is 0.408 e. The summed E-state index contributed by atoms with van der Waals surface area (Å²) in [6, 6.07) is 0. The average Bonchev–Trinajstić information content (AvgIpc) is 1.96. The molecule has 0 spiro atoms. The summed E-state index contributed by atoms with van der Waals surface area (Å²) >= 11 is 0. The summed E-state index contributed by atoms with van der Waals surface area (Å²) < 4.78 is 4.61. The summed E-state index contributed by atoms with van der Waals surface area (Å²) in [5, 5.41) is 11.2. The van der Waals surface area contributed by atoms with Gasteiger partial charge in [-0.3, -0.25) is 0 Å². The highest BCUT2D eigenvalue weighted by Gasteiger charge is 2.46. The van der Waals surface area contributed by atoms with Gasteiger partial charge in [0.15, 0.2) is 0 Å². The molecule has 1 rings (SSSR count). The highest BCUT2D eigenvalue weighted by molar-refractivity contribution is 5.85. The molecular weight excluding hydrogens is 174 g/mol. The summed E-state index contributed by atoms with van der Waals surface area (Å²) in [5.41, 5.74) is -1.06. The number of rotatable bonds is 3. The van der Waals surface area contributed by atoms with Crippen molar-refractivity contribution in [2.24, 2.45) is 0 Å². The normalized spacial score (nSPS) is 18.5. The fourth-order valence-corrected chi connectivity index (χ4v) is 1.29. The monoisotopic (exact) mass is 187 g/mol. The number of aliphatic carboxylic acids is 1. The summed E-state index contributed by atoms with van der Waals surface area (Å²) in [6.45, 7) is 1.93. The van der Waals surface area contributed by atoms with Crippen molar-refractivity contribution in [1.29, 1.82) is 0 Å². The van der Waals surface area contributed by atoms with Gasteiger partial charge in [-0.15, -0.1) is 0 Å². The van der Waals surface area contributed by atoms with Crippen molar-refractivity contribution >= 4 is 12.1 Å². The van der Waals surface area contributed by atoms with Gasteiger partial charge in [-0.05, 0) is 26.2 Å². The third kappa shape index (κ3) is 1.91. The van der Waals surface area contributed by atoms with Crippen molar-refractivity contribution < 1.29 is 19.4 Å². The van der Waals surface area contributed by atoms with Gasteiger partial charge in [0.05, 0.1) is 6.61 Å². The van der Waals surface area contributed by atoms with Crippen molar-refractivity contribution in [2.75, 3.05) is 6.61 Å². The van der Waals surface area contributed by atoms with Crippen LogP contribution in [0.5, 0.6) is 0 Å². The van der Waals surface area contributed by atoms with Crippen LogP contribution in [0.2, 0.25) is 0 Å². The molecule has 74 valence electrons. The van der Waals surface area contributed by atoms with Crippen molar-refractivity contribution in [3.8, 4) is 0 Å². The Labute approximate surface area is 76.1 Å². The number of carboxylic acid groups (broad SMARTS) is 1. The van der Waals surface area contributed by atoms with Crippen LogP contribution in [-0.2, 0) is 9.53 Å². The first-order valence-electron chi connectivity index (χ1n) is 4.29. The summed E-state index contributed by atoms with van der Waals surface area (Å²) in [4.78, 5) is 21.7. The first-order chi connectivity index (χ1) is 6.10. The topological polar surface area (TPSA) is 75.6 Å². The number of hydrogen-bond acceptors (Lipinski definition) is 3. The zero-order valence-electron chi connectivity index (χ0n) is 7.50. The first kappa shape index (κ1) is 9.83. The molecule has 1 saturated carbocycles. The molecular formula is C8H13NO4. The number of ether oxygens (including phenoxy) is 1. The average molecular weight is 187 g/mol. The largest absolute Gasteiger partial charge is 0.480 e. The number of carboxylic acids is 1. The molecule has 1 aliphatic rings. The second-order valence-electron chi connectivity index (χ2n) is 3.09. The van der Waals surface area contributed by atoms with E-state index in [0.717, 1.165) is 6.42 Å². The second-order valence-corrected chi connectivity index (χ2v) is 3.09. The van der Waals surface area contributed by atoms with Gasteiger partial charge in [-0.25, -0.2) is 9.59 Å². The molecule has 0 aromatic heterocycles. The molecule has 13 heavy (non-hydrogen) atoms. The third-order valence-corrected chi connectivity index (χ3v) is 2.23. The minimum atomic E-state index is -1.06. The van der Waals surface area contributed by atoms with Gasteiger partial charge in [0, 0.05) is 0 Å². The van der Waals surface area contributed by atoms with Crippen LogP contribution in [0.3, 0.4) is 0 Å². The van der Waals surface area contributed by atoms with Crippen molar-refractivity contribution in [3.63, 3.8) is 0 Å². The smallest absolute Gasteiger partial charge is 0.408 e. The SMILES string of the molecule is CCOC(=O)NC1(C(=O)O)CCC1.